The summed E-state index contributed by atoms with van der Waals surface area (Å²) in [5.41, 5.74) is 0.520. The van der Waals surface area contributed by atoms with E-state index in [9.17, 15) is 34.8 Å². The third kappa shape index (κ3) is 4.86. The zero-order valence-corrected chi connectivity index (χ0v) is 18.0. The van der Waals surface area contributed by atoms with Crippen LogP contribution in [0.4, 0.5) is 26.3 Å². The maximum absolute atomic E-state index is 13.9. The maximum atomic E-state index is 13.9. The molecule has 174 valence electrons. The Balaban J connectivity index is 3.78. The molecule has 0 fully saturated rings. The van der Waals surface area contributed by atoms with Gasteiger partial charge in [-0.1, -0.05) is 13.8 Å². The van der Waals surface area contributed by atoms with E-state index < -0.39 is 45.7 Å². The van der Waals surface area contributed by atoms with Crippen LogP contribution in [0.1, 0.15) is 62.5 Å². The normalized spacial score (nSPS) is 15.5. The molecule has 0 spiro atoms. The molecule has 0 radical (unpaired) electrons. The SMILES string of the molecule is COC(C)c1cc(C(C)C)cc(C(C)OC)c1OS(=O)(=O)C(F)(F)C(F)(F)C(F)F. The van der Waals surface area contributed by atoms with Gasteiger partial charge in [-0.2, -0.15) is 26.0 Å². The summed E-state index contributed by atoms with van der Waals surface area (Å²) < 4.78 is 118. The molecule has 0 heterocycles. The minimum Gasteiger partial charge on any atom is -0.377 e. The summed E-state index contributed by atoms with van der Waals surface area (Å²) in [6, 6.07) is 2.80. The summed E-state index contributed by atoms with van der Waals surface area (Å²) in [7, 11) is -4.07. The van der Waals surface area contributed by atoms with E-state index >= 15 is 0 Å². The summed E-state index contributed by atoms with van der Waals surface area (Å²) in [4.78, 5) is 0. The molecular weight excluding hydrogens is 442 g/mol. The van der Waals surface area contributed by atoms with Crippen LogP contribution in [0.15, 0.2) is 12.1 Å². The summed E-state index contributed by atoms with van der Waals surface area (Å²) >= 11 is 0. The average Bonchev–Trinajstić information content (AvgIpc) is 2.65. The van der Waals surface area contributed by atoms with Gasteiger partial charge in [-0.15, -0.1) is 0 Å². The first-order valence-corrected chi connectivity index (χ1v) is 10.2. The van der Waals surface area contributed by atoms with E-state index in [-0.39, 0.29) is 17.0 Å². The molecule has 0 N–H and O–H groups in total. The summed E-state index contributed by atoms with van der Waals surface area (Å²) in [5.74, 6) is -7.03. The van der Waals surface area contributed by atoms with Crippen molar-refractivity contribution in [3.63, 3.8) is 0 Å². The monoisotopic (exact) mass is 466 g/mol. The molecule has 1 rings (SSSR count). The lowest BCUT2D eigenvalue weighted by Gasteiger charge is -2.28. The van der Waals surface area contributed by atoms with Gasteiger partial charge in [0.05, 0.1) is 12.2 Å². The van der Waals surface area contributed by atoms with Crippen LogP contribution < -0.4 is 4.18 Å². The van der Waals surface area contributed by atoms with Gasteiger partial charge in [-0.25, -0.2) is 8.78 Å². The van der Waals surface area contributed by atoms with Gasteiger partial charge in [-0.05, 0) is 37.5 Å². The fraction of sp³-hybridized carbons (Fsp3) is 0.667. The second-order valence-electron chi connectivity index (χ2n) is 6.92. The number of hydrogen-bond donors (Lipinski definition) is 0. The first-order valence-electron chi connectivity index (χ1n) is 8.76. The molecule has 0 aliphatic rings. The second kappa shape index (κ2) is 9.31. The largest absolute Gasteiger partial charge is 0.448 e. The molecule has 5 nitrogen and oxygen atoms in total. The molecule has 0 bridgehead atoms. The van der Waals surface area contributed by atoms with Gasteiger partial charge in [0.1, 0.15) is 0 Å². The van der Waals surface area contributed by atoms with Gasteiger partial charge in [-0.3, -0.25) is 0 Å². The summed E-state index contributed by atoms with van der Waals surface area (Å²) in [5, 5.41) is -6.20. The van der Waals surface area contributed by atoms with E-state index in [1.165, 1.54) is 40.2 Å². The first kappa shape index (κ1) is 26.5. The highest BCUT2D eigenvalue weighted by atomic mass is 32.2. The van der Waals surface area contributed by atoms with Gasteiger partial charge < -0.3 is 13.7 Å². The quantitative estimate of drug-likeness (QED) is 0.340. The number of alkyl halides is 6. The van der Waals surface area contributed by atoms with Gasteiger partial charge >= 0.3 is 27.7 Å². The molecule has 0 aromatic heterocycles. The molecule has 2 unspecified atom stereocenters. The lowest BCUT2D eigenvalue weighted by molar-refractivity contribution is -0.227. The molecule has 1 aromatic carbocycles. The molecule has 0 aliphatic carbocycles. The Morgan fingerprint density at radius 3 is 1.57 bits per heavy atom. The van der Waals surface area contributed by atoms with Gasteiger partial charge in [0.15, 0.2) is 5.75 Å². The number of methoxy groups -OCH3 is 2. The van der Waals surface area contributed by atoms with E-state index in [2.05, 4.69) is 4.18 Å². The minimum atomic E-state index is -6.55. The summed E-state index contributed by atoms with van der Waals surface area (Å²) in [6.07, 6.45) is -6.77. The lowest BCUT2D eigenvalue weighted by atomic mass is 9.93. The number of hydrogen-bond acceptors (Lipinski definition) is 5. The van der Waals surface area contributed by atoms with Crippen LogP contribution in [0.2, 0.25) is 0 Å². The highest BCUT2D eigenvalue weighted by Crippen LogP contribution is 2.46. The molecule has 0 amide bonds. The van der Waals surface area contributed by atoms with Crippen LogP contribution in [0.25, 0.3) is 0 Å². The van der Waals surface area contributed by atoms with Crippen molar-refractivity contribution in [2.45, 2.75) is 63.4 Å². The van der Waals surface area contributed by atoms with E-state index in [0.29, 0.717) is 5.56 Å². The van der Waals surface area contributed by atoms with Gasteiger partial charge in [0, 0.05) is 25.3 Å². The van der Waals surface area contributed by atoms with E-state index in [1.807, 2.05) is 0 Å². The third-order valence-corrected chi connectivity index (χ3v) is 5.87. The zero-order valence-electron chi connectivity index (χ0n) is 17.2. The van der Waals surface area contributed by atoms with Crippen LogP contribution >= 0.6 is 0 Å². The van der Waals surface area contributed by atoms with Crippen LogP contribution in [-0.2, 0) is 19.6 Å². The van der Waals surface area contributed by atoms with E-state index in [1.54, 1.807) is 13.8 Å². The molecule has 0 aliphatic heterocycles. The summed E-state index contributed by atoms with van der Waals surface area (Å²) in [6.45, 7) is 6.47. The van der Waals surface area contributed by atoms with Crippen LogP contribution in [0.3, 0.4) is 0 Å². The fourth-order valence-electron chi connectivity index (χ4n) is 2.44. The van der Waals surface area contributed by atoms with Crippen LogP contribution in [0.5, 0.6) is 5.75 Å². The third-order valence-electron chi connectivity index (χ3n) is 4.59. The number of halogens is 6. The predicted molar refractivity (Wildman–Crippen MR) is 96.8 cm³/mol. The Kier molecular flexibility index (Phi) is 8.22. The first-order chi connectivity index (χ1) is 13.5. The van der Waals surface area contributed by atoms with Crippen molar-refractivity contribution in [1.29, 1.82) is 0 Å². The average molecular weight is 466 g/mol. The highest BCUT2D eigenvalue weighted by Gasteiger charge is 2.72. The van der Waals surface area contributed by atoms with Crippen molar-refractivity contribution in [2.75, 3.05) is 14.2 Å². The minimum absolute atomic E-state index is 0.0534. The number of benzene rings is 1. The molecular formula is C18H24F6O5S. The number of ether oxygens (including phenoxy) is 2. The van der Waals surface area contributed by atoms with Crippen molar-refractivity contribution in [1.82, 2.24) is 0 Å². The van der Waals surface area contributed by atoms with E-state index in [4.69, 9.17) is 9.47 Å². The molecule has 1 aromatic rings. The van der Waals surface area contributed by atoms with E-state index in [0.717, 1.165) is 0 Å². The van der Waals surface area contributed by atoms with Crippen molar-refractivity contribution in [2.24, 2.45) is 0 Å². The van der Waals surface area contributed by atoms with Gasteiger partial charge in [0.25, 0.3) is 0 Å². The second-order valence-corrected chi connectivity index (χ2v) is 8.50. The Bertz CT molecular complexity index is 810. The van der Waals surface area contributed by atoms with Crippen molar-refractivity contribution < 1.29 is 48.4 Å². The molecule has 2 atom stereocenters. The van der Waals surface area contributed by atoms with Gasteiger partial charge in [0.2, 0.25) is 0 Å². The number of rotatable bonds is 10. The fourth-order valence-corrected chi connectivity index (χ4v) is 3.38. The maximum Gasteiger partial charge on any atom is 0.448 e. The zero-order chi connectivity index (χ0) is 23.7. The topological polar surface area (TPSA) is 61.8 Å². The van der Waals surface area contributed by atoms with Crippen molar-refractivity contribution >= 4 is 10.1 Å². The Hall–Kier alpha value is -1.53. The Morgan fingerprint density at radius 1 is 0.867 bits per heavy atom. The van der Waals surface area contributed by atoms with Crippen molar-refractivity contribution in [3.05, 3.63) is 28.8 Å². The Labute approximate surface area is 171 Å². The van der Waals surface area contributed by atoms with Crippen molar-refractivity contribution in [3.8, 4) is 5.75 Å². The standard InChI is InChI=1S/C18H24F6O5S/c1-9(2)12-7-13(10(3)27-5)15(14(8-12)11(4)28-6)29-30(25,26)18(23,24)17(21,22)16(19)20/h7-11,16H,1-6H3. The lowest BCUT2D eigenvalue weighted by Crippen LogP contribution is -2.53. The Morgan fingerprint density at radius 2 is 1.27 bits per heavy atom. The van der Waals surface area contributed by atoms with Crippen LogP contribution in [-0.4, -0.2) is 40.2 Å². The smallest absolute Gasteiger partial charge is 0.377 e. The molecule has 30 heavy (non-hydrogen) atoms. The molecule has 0 saturated carbocycles. The highest BCUT2D eigenvalue weighted by molar-refractivity contribution is 7.88. The predicted octanol–water partition coefficient (Wildman–Crippen LogP) is 5.43. The molecule has 0 saturated heterocycles. The molecule has 12 heteroatoms. The van der Waals surface area contributed by atoms with Crippen LogP contribution in [0, 0.1) is 0 Å².